The minimum absolute atomic E-state index is 0.0931. The first-order valence-electron chi connectivity index (χ1n) is 28.9. The number of esters is 1. The maximum absolute atomic E-state index is 14.3. The van der Waals surface area contributed by atoms with Gasteiger partial charge in [0.1, 0.15) is 28.9 Å². The molecular weight excluding hydrogens is 959 g/mol. The zero-order chi connectivity index (χ0) is 54.1. The predicted molar refractivity (Wildman–Crippen MR) is 301 cm³/mol. The Morgan fingerprint density at radius 3 is 2.43 bits per heavy atom. The molecule has 10 atom stereocenters. The van der Waals surface area contributed by atoms with Crippen LogP contribution in [-0.4, -0.2) is 76.3 Å². The summed E-state index contributed by atoms with van der Waals surface area (Å²) in [6.45, 7) is 23.6. The second kappa shape index (κ2) is 22.8. The van der Waals surface area contributed by atoms with E-state index in [0.717, 1.165) is 77.0 Å². The molecule has 75 heavy (non-hydrogen) atoms. The van der Waals surface area contributed by atoms with Gasteiger partial charge in [0.2, 0.25) is 0 Å². The van der Waals surface area contributed by atoms with Crippen LogP contribution in [0, 0.1) is 45.8 Å². The lowest BCUT2D eigenvalue weighted by atomic mass is 9.47. The van der Waals surface area contributed by atoms with E-state index >= 15 is 0 Å². The van der Waals surface area contributed by atoms with Crippen molar-refractivity contribution in [3.05, 3.63) is 53.9 Å². The summed E-state index contributed by atoms with van der Waals surface area (Å²) < 4.78 is 26.7. The van der Waals surface area contributed by atoms with Gasteiger partial charge in [0.25, 0.3) is 5.91 Å². The summed E-state index contributed by atoms with van der Waals surface area (Å²) in [5.41, 5.74) is 6.38. The van der Waals surface area contributed by atoms with Crippen LogP contribution in [0.3, 0.4) is 0 Å². The van der Waals surface area contributed by atoms with Crippen LogP contribution in [0.4, 0.5) is 5.13 Å². The first-order valence-corrected chi connectivity index (χ1v) is 29.7. The van der Waals surface area contributed by atoms with Crippen LogP contribution >= 0.6 is 11.3 Å². The van der Waals surface area contributed by atoms with E-state index in [9.17, 15) is 14.4 Å². The Bertz CT molecular complexity index is 2530. The van der Waals surface area contributed by atoms with Crippen molar-refractivity contribution in [1.29, 1.82) is 0 Å². The molecule has 8 rings (SSSR count). The number of carbonyl (C=O) groups is 3. The molecule has 2 heterocycles. The number of anilines is 1. The van der Waals surface area contributed by atoms with E-state index in [4.69, 9.17) is 29.7 Å². The largest absolute Gasteiger partial charge is 0.460 e. The molecular formula is C62H93N5O7S. The molecule has 0 saturated heterocycles. The molecule has 4 fully saturated rings. The summed E-state index contributed by atoms with van der Waals surface area (Å²) in [6.07, 6.45) is 24.0. The molecule has 414 valence electrons. The van der Waals surface area contributed by atoms with Gasteiger partial charge in [-0.05, 0) is 197 Å². The van der Waals surface area contributed by atoms with E-state index in [0.29, 0.717) is 36.4 Å². The summed E-state index contributed by atoms with van der Waals surface area (Å²) in [4.78, 5) is 49.4. The molecule has 1 amide bonds. The van der Waals surface area contributed by atoms with E-state index in [-0.39, 0.29) is 53.4 Å². The number of unbranched alkanes of at least 4 members (excludes halogenated alkanes) is 1. The monoisotopic (exact) mass is 1050 g/mol. The molecule has 4 N–H and O–H groups in total. The zero-order valence-electron chi connectivity index (χ0n) is 47.8. The smallest absolute Gasteiger partial charge is 0.311 e. The van der Waals surface area contributed by atoms with Crippen LogP contribution < -0.4 is 21.1 Å². The fraction of sp³-hybridized carbons (Fsp3) is 0.726. The molecule has 3 aromatic rings. The van der Waals surface area contributed by atoms with Gasteiger partial charge >= 0.3 is 5.97 Å². The Labute approximate surface area is 453 Å². The normalized spacial score (nSPS) is 28.9. The van der Waals surface area contributed by atoms with Crippen LogP contribution in [0.2, 0.25) is 0 Å². The van der Waals surface area contributed by atoms with Gasteiger partial charge in [-0.2, -0.15) is 0 Å². The van der Waals surface area contributed by atoms with Gasteiger partial charge < -0.3 is 35.3 Å². The zero-order valence-corrected chi connectivity index (χ0v) is 48.6. The number of amides is 1. The van der Waals surface area contributed by atoms with E-state index in [1.807, 2.05) is 32.0 Å². The van der Waals surface area contributed by atoms with Crippen LogP contribution in [0.5, 0.6) is 11.5 Å². The summed E-state index contributed by atoms with van der Waals surface area (Å²) in [6, 6.07) is 8.82. The van der Waals surface area contributed by atoms with Crippen molar-refractivity contribution in [2.24, 2.45) is 51.6 Å². The number of benzene rings is 1. The second-order valence-corrected chi connectivity index (χ2v) is 27.6. The first-order chi connectivity index (χ1) is 35.3. The molecule has 0 bridgehead atoms. The summed E-state index contributed by atoms with van der Waals surface area (Å²) >= 11 is 1.50. The number of thiazole rings is 1. The van der Waals surface area contributed by atoms with E-state index < -0.39 is 22.2 Å². The fourth-order valence-corrected chi connectivity index (χ4v) is 15.8. The molecule has 4 saturated carbocycles. The third kappa shape index (κ3) is 13.0. The van der Waals surface area contributed by atoms with Gasteiger partial charge in [0.15, 0.2) is 10.9 Å². The molecule has 0 radical (unpaired) electrons. The highest BCUT2D eigenvalue weighted by molar-refractivity contribution is 7.22. The molecule has 13 heteroatoms. The molecule has 2 aromatic heterocycles. The number of carbonyl (C=O) groups excluding carboxylic acids is 3. The number of ketones is 1. The van der Waals surface area contributed by atoms with Crippen molar-refractivity contribution in [1.82, 2.24) is 15.3 Å². The molecule has 12 nitrogen and oxygen atoms in total. The van der Waals surface area contributed by atoms with Gasteiger partial charge in [0.05, 0.1) is 45.5 Å². The number of allylic oxidation sites excluding steroid dienone is 1. The fourth-order valence-electron chi connectivity index (χ4n) is 14.9. The Kier molecular flexibility index (Phi) is 17.4. The number of Topliss-reactive ketones (excluding diaryl/α,β-unsaturated/α-hetero) is 1. The number of hydrogen-bond acceptors (Lipinski definition) is 12. The van der Waals surface area contributed by atoms with Gasteiger partial charge in [-0.1, -0.05) is 76.4 Å². The van der Waals surface area contributed by atoms with Crippen molar-refractivity contribution in [2.75, 3.05) is 19.0 Å². The average molecular weight is 1050 g/mol. The van der Waals surface area contributed by atoms with Gasteiger partial charge in [-0.15, -0.1) is 0 Å². The molecule has 5 aliphatic rings. The number of aromatic nitrogens is 2. The Morgan fingerprint density at radius 2 is 1.67 bits per heavy atom. The number of fused-ring (bicyclic) bond motifs is 6. The molecule has 1 aromatic carbocycles. The highest BCUT2D eigenvalue weighted by Crippen LogP contribution is 2.67. The highest BCUT2D eigenvalue weighted by Gasteiger charge is 2.58. The predicted octanol–water partition coefficient (Wildman–Crippen LogP) is 14.0. The van der Waals surface area contributed by atoms with Crippen molar-refractivity contribution < 1.29 is 33.3 Å². The van der Waals surface area contributed by atoms with Crippen LogP contribution in [0.25, 0.3) is 10.2 Å². The number of rotatable bonds is 22. The van der Waals surface area contributed by atoms with E-state index in [1.165, 1.54) is 81.7 Å². The quantitative estimate of drug-likeness (QED) is 0.0498. The Morgan fingerprint density at radius 1 is 0.907 bits per heavy atom. The number of hydrogen-bond donors (Lipinski definition) is 3. The minimum Gasteiger partial charge on any atom is -0.460 e. The minimum atomic E-state index is -1.36. The lowest BCUT2D eigenvalue weighted by molar-refractivity contribution is -0.164. The van der Waals surface area contributed by atoms with Gasteiger partial charge in [-0.3, -0.25) is 19.4 Å². The van der Waals surface area contributed by atoms with E-state index in [2.05, 4.69) is 63.2 Å². The maximum atomic E-state index is 14.3. The van der Waals surface area contributed by atoms with E-state index in [1.54, 1.807) is 45.5 Å². The van der Waals surface area contributed by atoms with Crippen LogP contribution in [0.1, 0.15) is 202 Å². The van der Waals surface area contributed by atoms with Crippen molar-refractivity contribution in [2.45, 2.75) is 227 Å². The van der Waals surface area contributed by atoms with Gasteiger partial charge in [-0.25, -0.2) is 4.98 Å². The first kappa shape index (κ1) is 57.3. The van der Waals surface area contributed by atoms with Crippen molar-refractivity contribution in [3.63, 3.8) is 0 Å². The topological polar surface area (TPSA) is 164 Å². The summed E-state index contributed by atoms with van der Waals surface area (Å²) in [5.74, 6) is 4.39. The highest BCUT2D eigenvalue weighted by atomic mass is 32.1. The lowest BCUT2D eigenvalue weighted by Gasteiger charge is -2.58. The molecule has 0 spiro atoms. The molecule has 5 aliphatic carbocycles. The Hall–Kier alpha value is -3.91. The lowest BCUT2D eigenvalue weighted by Crippen LogP contribution is -2.58. The SMILES string of the molecule is CNC(=O)c1cc(Oc2ccc3nc(N[C@H]4CCCC[C@@H]4OC(=O)C(C)(C)CC(C)(N)C(=O)C(C)(C)OCCC(C)(C)O[C@H]4CC[C@@]5(C)C(=CCC6C5CC[C@@]5(C)C6CC[C@@H]5CCCCC(C)C)C4)sc3c2)ccn1. The third-order valence-electron chi connectivity index (χ3n) is 19.0. The van der Waals surface area contributed by atoms with Gasteiger partial charge in [0, 0.05) is 25.4 Å². The standard InChI is InChI=1S/C62H93N5O7S/c1-39(2)17-13-14-18-40-22-25-46-45-24-21-41-35-44(27-30-61(41,10)47(45)28-31-60(40,46)9)74-58(5,6)32-34-71-59(7,8)54(69)62(11,63)38-57(3,4)55(70)73-51-20-16-15-19-48(51)66-56-67-49-26-23-42(37-52(49)75-56)72-43-29-33-65-50(36-43)53(68)64-12/h21,23,26,29,33,36-37,39-40,44-48,51H,13-20,22,24-25,27-28,30-32,34-35,38,63H2,1-12H3,(H,64,68)(H,66,67)/t40-,44-,45?,46?,47?,48-,51-,60+,61-,62?/m0/s1. The number of nitrogens with zero attached hydrogens (tertiary/aromatic N) is 2. The average Bonchev–Trinajstić information content (AvgIpc) is 3.91. The molecule has 4 unspecified atom stereocenters. The Balaban J connectivity index is 0.800. The summed E-state index contributed by atoms with van der Waals surface area (Å²) in [5, 5.41) is 6.88. The van der Waals surface area contributed by atoms with Crippen molar-refractivity contribution in [3.8, 4) is 11.5 Å². The van der Waals surface area contributed by atoms with Crippen LogP contribution in [0.15, 0.2) is 48.2 Å². The number of nitrogens with two attached hydrogens (primary N) is 1. The summed E-state index contributed by atoms with van der Waals surface area (Å²) in [7, 11) is 1.56. The van der Waals surface area contributed by atoms with Crippen LogP contribution in [-0.2, 0) is 23.8 Å². The number of pyridine rings is 1. The maximum Gasteiger partial charge on any atom is 0.311 e. The second-order valence-electron chi connectivity index (χ2n) is 26.6. The third-order valence-corrected chi connectivity index (χ3v) is 19.9. The molecule has 0 aliphatic heterocycles. The number of ether oxygens (including phenoxy) is 4. The number of nitrogens with one attached hydrogen (secondary N) is 2. The van der Waals surface area contributed by atoms with Crippen molar-refractivity contribution >= 4 is 44.3 Å².